The minimum absolute atomic E-state index is 0.404. The molecule has 1 heterocycles. The molecule has 0 unspecified atom stereocenters. The molecular formula is C10H19NO2S. The standard InChI is InChI=1S/C10H19NO2S/c1-9-4-6-11(7-5-9)14(12,13)8-10-2-3-10/h9-10H,2-8H2,1H3. The predicted octanol–water partition coefficient (Wildman–Crippen LogP) is 1.46. The monoisotopic (exact) mass is 217 g/mol. The lowest BCUT2D eigenvalue weighted by Gasteiger charge is -2.29. The number of hydrogen-bond acceptors (Lipinski definition) is 2. The zero-order valence-corrected chi connectivity index (χ0v) is 9.59. The average Bonchev–Trinajstić information content (AvgIpc) is 2.88. The molecule has 0 amide bonds. The normalized spacial score (nSPS) is 26.6. The summed E-state index contributed by atoms with van der Waals surface area (Å²) in [7, 11) is -2.91. The van der Waals surface area contributed by atoms with Gasteiger partial charge in [0.15, 0.2) is 0 Å². The van der Waals surface area contributed by atoms with Crippen LogP contribution < -0.4 is 0 Å². The number of hydrogen-bond donors (Lipinski definition) is 0. The number of nitrogens with zero attached hydrogens (tertiary/aromatic N) is 1. The van der Waals surface area contributed by atoms with Crippen LogP contribution in [0, 0.1) is 11.8 Å². The summed E-state index contributed by atoms with van der Waals surface area (Å²) >= 11 is 0. The van der Waals surface area contributed by atoms with E-state index >= 15 is 0 Å². The van der Waals surface area contributed by atoms with Crippen molar-refractivity contribution < 1.29 is 8.42 Å². The first-order chi connectivity index (χ1) is 6.58. The maximum absolute atomic E-state index is 11.9. The molecule has 82 valence electrons. The molecule has 0 aromatic rings. The molecule has 0 spiro atoms. The van der Waals surface area contributed by atoms with Gasteiger partial charge in [-0.1, -0.05) is 6.92 Å². The Labute approximate surface area is 86.5 Å². The highest BCUT2D eigenvalue weighted by Gasteiger charge is 2.33. The van der Waals surface area contributed by atoms with E-state index in [1.54, 1.807) is 4.31 Å². The second-order valence-corrected chi connectivity index (χ2v) is 6.82. The van der Waals surface area contributed by atoms with E-state index in [0.29, 0.717) is 17.6 Å². The van der Waals surface area contributed by atoms with Crippen molar-refractivity contribution in [2.75, 3.05) is 18.8 Å². The summed E-state index contributed by atoms with van der Waals surface area (Å²) in [6, 6.07) is 0. The summed E-state index contributed by atoms with van der Waals surface area (Å²) in [5, 5.41) is 0. The van der Waals surface area contributed by atoms with Crippen LogP contribution in [0.4, 0.5) is 0 Å². The van der Waals surface area contributed by atoms with E-state index in [4.69, 9.17) is 0 Å². The Bertz CT molecular complexity index is 287. The van der Waals surface area contributed by atoms with E-state index in [2.05, 4.69) is 6.92 Å². The summed E-state index contributed by atoms with van der Waals surface area (Å²) in [6.45, 7) is 3.69. The molecule has 0 N–H and O–H groups in total. The molecule has 0 atom stereocenters. The quantitative estimate of drug-likeness (QED) is 0.717. The molecule has 2 aliphatic rings. The van der Waals surface area contributed by atoms with Crippen molar-refractivity contribution >= 4 is 10.0 Å². The Kier molecular flexibility index (Phi) is 2.84. The summed E-state index contributed by atoms with van der Waals surface area (Å²) < 4.78 is 25.4. The topological polar surface area (TPSA) is 37.4 Å². The van der Waals surface area contributed by atoms with E-state index in [9.17, 15) is 8.42 Å². The Morgan fingerprint density at radius 1 is 1.14 bits per heavy atom. The fraction of sp³-hybridized carbons (Fsp3) is 1.00. The van der Waals surface area contributed by atoms with Gasteiger partial charge >= 0.3 is 0 Å². The first-order valence-corrected chi connectivity index (χ1v) is 7.16. The SMILES string of the molecule is CC1CCN(S(=O)(=O)CC2CC2)CC1. The van der Waals surface area contributed by atoms with Crippen LogP contribution in [0.1, 0.15) is 32.6 Å². The first-order valence-electron chi connectivity index (χ1n) is 5.56. The third-order valence-corrected chi connectivity index (χ3v) is 5.32. The van der Waals surface area contributed by atoms with Crippen molar-refractivity contribution in [2.24, 2.45) is 11.8 Å². The summed E-state index contributed by atoms with van der Waals surface area (Å²) in [4.78, 5) is 0. The van der Waals surface area contributed by atoms with Crippen LogP contribution >= 0.6 is 0 Å². The van der Waals surface area contributed by atoms with Crippen LogP contribution in [0.15, 0.2) is 0 Å². The smallest absolute Gasteiger partial charge is 0.212 e. The van der Waals surface area contributed by atoms with Crippen LogP contribution in [0.25, 0.3) is 0 Å². The van der Waals surface area contributed by atoms with Gasteiger partial charge in [0.2, 0.25) is 10.0 Å². The van der Waals surface area contributed by atoms with Crippen molar-refractivity contribution in [3.63, 3.8) is 0 Å². The molecule has 0 aromatic heterocycles. The van der Waals surface area contributed by atoms with Crippen LogP contribution in [0.5, 0.6) is 0 Å². The van der Waals surface area contributed by atoms with E-state index < -0.39 is 10.0 Å². The molecule has 1 saturated heterocycles. The van der Waals surface area contributed by atoms with Gasteiger partial charge in [-0.15, -0.1) is 0 Å². The summed E-state index contributed by atoms with van der Waals surface area (Å²) in [5.41, 5.74) is 0. The maximum Gasteiger partial charge on any atom is 0.214 e. The molecule has 0 bridgehead atoms. The van der Waals surface area contributed by atoms with Gasteiger partial charge in [0.1, 0.15) is 0 Å². The third kappa shape index (κ3) is 2.48. The maximum atomic E-state index is 11.9. The highest BCUT2D eigenvalue weighted by Crippen LogP contribution is 2.32. The minimum Gasteiger partial charge on any atom is -0.212 e. The molecule has 1 aliphatic heterocycles. The second-order valence-electron chi connectivity index (χ2n) is 4.80. The average molecular weight is 217 g/mol. The Morgan fingerprint density at radius 3 is 2.21 bits per heavy atom. The molecule has 14 heavy (non-hydrogen) atoms. The fourth-order valence-electron chi connectivity index (χ4n) is 1.95. The molecule has 2 rings (SSSR count). The molecular weight excluding hydrogens is 198 g/mol. The zero-order valence-electron chi connectivity index (χ0n) is 8.78. The van der Waals surface area contributed by atoms with Crippen LogP contribution in [0.3, 0.4) is 0 Å². The Balaban J connectivity index is 1.92. The third-order valence-electron chi connectivity index (χ3n) is 3.28. The molecule has 1 saturated carbocycles. The molecule has 4 heteroatoms. The summed E-state index contributed by atoms with van der Waals surface area (Å²) in [5.74, 6) is 1.57. The van der Waals surface area contributed by atoms with E-state index in [1.807, 2.05) is 0 Å². The highest BCUT2D eigenvalue weighted by molar-refractivity contribution is 7.89. The van der Waals surface area contributed by atoms with E-state index in [-0.39, 0.29) is 0 Å². The first kappa shape index (κ1) is 10.4. The van der Waals surface area contributed by atoms with Gasteiger partial charge in [0, 0.05) is 13.1 Å². The Hall–Kier alpha value is -0.0900. The Morgan fingerprint density at radius 2 is 1.71 bits per heavy atom. The van der Waals surface area contributed by atoms with Gasteiger partial charge in [0.25, 0.3) is 0 Å². The fourth-order valence-corrected chi connectivity index (χ4v) is 3.86. The number of piperidine rings is 1. The van der Waals surface area contributed by atoms with Crippen LogP contribution in [-0.4, -0.2) is 31.6 Å². The van der Waals surface area contributed by atoms with Gasteiger partial charge in [-0.2, -0.15) is 0 Å². The highest BCUT2D eigenvalue weighted by atomic mass is 32.2. The largest absolute Gasteiger partial charge is 0.214 e. The van der Waals surface area contributed by atoms with Gasteiger partial charge in [-0.3, -0.25) is 0 Å². The van der Waals surface area contributed by atoms with Crippen LogP contribution in [-0.2, 0) is 10.0 Å². The number of rotatable bonds is 3. The van der Waals surface area contributed by atoms with Crippen LogP contribution in [0.2, 0.25) is 0 Å². The summed E-state index contributed by atoms with van der Waals surface area (Å²) in [6.07, 6.45) is 4.29. The lowest BCUT2D eigenvalue weighted by Crippen LogP contribution is -2.39. The molecule has 1 aliphatic carbocycles. The lowest BCUT2D eigenvalue weighted by molar-refractivity contribution is 0.287. The lowest BCUT2D eigenvalue weighted by atomic mass is 10.0. The molecule has 0 radical (unpaired) electrons. The molecule has 3 nitrogen and oxygen atoms in total. The minimum atomic E-state index is -2.91. The van der Waals surface area contributed by atoms with Gasteiger partial charge in [-0.05, 0) is 37.5 Å². The van der Waals surface area contributed by atoms with Gasteiger partial charge in [0.05, 0.1) is 5.75 Å². The molecule has 2 fully saturated rings. The molecule has 0 aromatic carbocycles. The van der Waals surface area contributed by atoms with Crippen molar-refractivity contribution in [3.05, 3.63) is 0 Å². The second kappa shape index (κ2) is 3.81. The van der Waals surface area contributed by atoms with Crippen molar-refractivity contribution in [1.82, 2.24) is 4.31 Å². The zero-order chi connectivity index (χ0) is 10.2. The number of sulfonamides is 1. The van der Waals surface area contributed by atoms with E-state index in [1.165, 1.54) is 0 Å². The van der Waals surface area contributed by atoms with Gasteiger partial charge in [-0.25, -0.2) is 12.7 Å². The van der Waals surface area contributed by atoms with Gasteiger partial charge < -0.3 is 0 Å². The van der Waals surface area contributed by atoms with Crippen molar-refractivity contribution in [1.29, 1.82) is 0 Å². The predicted molar refractivity (Wildman–Crippen MR) is 56.5 cm³/mol. The van der Waals surface area contributed by atoms with Crippen molar-refractivity contribution in [3.8, 4) is 0 Å². The van der Waals surface area contributed by atoms with E-state index in [0.717, 1.165) is 38.8 Å². The van der Waals surface area contributed by atoms with Crippen molar-refractivity contribution in [2.45, 2.75) is 32.6 Å².